The number of hydrogen-bond acceptors (Lipinski definition) is 6. The van der Waals surface area contributed by atoms with Gasteiger partial charge in [-0.3, -0.25) is 24.2 Å². The molecular weight excluding hydrogens is 561 g/mol. The van der Waals surface area contributed by atoms with Crippen LogP contribution in [0.2, 0.25) is 0 Å². The van der Waals surface area contributed by atoms with Crippen LogP contribution in [-0.2, 0) is 4.79 Å². The number of para-hydroxylation sites is 1. The van der Waals surface area contributed by atoms with E-state index in [0.717, 1.165) is 50.9 Å². The molecule has 1 unspecified atom stereocenters. The summed E-state index contributed by atoms with van der Waals surface area (Å²) in [5, 5.41) is 6.26. The highest BCUT2D eigenvalue weighted by Crippen LogP contribution is 2.36. The van der Waals surface area contributed by atoms with Crippen molar-refractivity contribution < 1.29 is 14.4 Å². The van der Waals surface area contributed by atoms with Crippen molar-refractivity contribution in [1.82, 2.24) is 15.2 Å². The average molecular weight is 599 g/mol. The molecule has 1 aromatic heterocycles. The minimum Gasteiger partial charge on any atom is -0.319 e. The molecule has 0 spiro atoms. The van der Waals surface area contributed by atoms with Crippen molar-refractivity contribution in [2.75, 3.05) is 36.4 Å². The zero-order valence-electron chi connectivity index (χ0n) is 23.1. The lowest BCUT2D eigenvalue weighted by Crippen LogP contribution is -2.42. The average Bonchev–Trinajstić information content (AvgIpc) is 3.09. The van der Waals surface area contributed by atoms with Crippen molar-refractivity contribution in [2.24, 2.45) is 5.92 Å². The first-order chi connectivity index (χ1) is 19.0. The summed E-state index contributed by atoms with van der Waals surface area (Å²) in [5.41, 5.74) is 2.28. The normalized spacial score (nSPS) is 15.7. The molecule has 2 N–H and O–H groups in total. The van der Waals surface area contributed by atoms with Crippen molar-refractivity contribution >= 4 is 59.6 Å². The molecule has 41 heavy (non-hydrogen) atoms. The molecule has 0 radical (unpaired) electrons. The Labute approximate surface area is 253 Å². The summed E-state index contributed by atoms with van der Waals surface area (Å²) in [6.07, 6.45) is 5.84. The largest absolute Gasteiger partial charge is 0.319 e. The minimum atomic E-state index is -0.246. The first-order valence-corrected chi connectivity index (χ1v) is 13.7. The molecule has 1 fully saturated rings. The molecule has 0 saturated carbocycles. The van der Waals surface area contributed by atoms with Gasteiger partial charge in [-0.1, -0.05) is 42.5 Å². The number of fused-ring (bicyclic) bond motifs is 2. The summed E-state index contributed by atoms with van der Waals surface area (Å²) >= 11 is 0. The van der Waals surface area contributed by atoms with Crippen molar-refractivity contribution in [3.8, 4) is 0 Å². The Morgan fingerprint density at radius 2 is 1.71 bits per heavy atom. The first kappa shape index (κ1) is 32.2. The molecule has 2 aliphatic rings. The molecule has 1 atom stereocenters. The lowest BCUT2D eigenvalue weighted by atomic mass is 9.92. The van der Waals surface area contributed by atoms with E-state index in [-0.39, 0.29) is 55.0 Å². The quantitative estimate of drug-likeness (QED) is 0.249. The Morgan fingerprint density at radius 3 is 2.46 bits per heavy atom. The van der Waals surface area contributed by atoms with Gasteiger partial charge in [0.1, 0.15) is 0 Å². The lowest BCUT2D eigenvalue weighted by Gasteiger charge is -2.33. The van der Waals surface area contributed by atoms with E-state index in [1.165, 1.54) is 0 Å². The lowest BCUT2D eigenvalue weighted by molar-refractivity contribution is -0.119. The molecule has 0 bridgehead atoms. The molecule has 2 aliphatic heterocycles. The van der Waals surface area contributed by atoms with Gasteiger partial charge in [-0.2, -0.15) is 0 Å². The van der Waals surface area contributed by atoms with Gasteiger partial charge in [-0.15, -0.1) is 24.8 Å². The number of rotatable bonds is 9. The Kier molecular flexibility index (Phi) is 11.8. The predicted molar refractivity (Wildman–Crippen MR) is 167 cm³/mol. The standard InChI is InChI=1S/C31H35N5O3.2ClH/c1-22(29(38)24-10-3-2-4-11-24)32-17-7-9-23-15-19-35(20-16-23)21-28(37)36-27-14-6-5-12-25(27)31(39)34-26-13-8-18-33-30(26)36;;/h2-6,8,10-14,18,22-23,32H,7,9,15-17,19-21H2,1H3,(H,34,39);2*1H. The number of hydrogen-bond donors (Lipinski definition) is 2. The van der Waals surface area contributed by atoms with Crippen LogP contribution in [0, 0.1) is 5.92 Å². The number of anilines is 3. The zero-order valence-corrected chi connectivity index (χ0v) is 24.8. The van der Waals surface area contributed by atoms with Gasteiger partial charge in [0.2, 0.25) is 5.91 Å². The Bertz CT molecular complexity index is 1330. The van der Waals surface area contributed by atoms with Crippen molar-refractivity contribution in [3.05, 3.63) is 84.1 Å². The number of likely N-dealkylation sites (tertiary alicyclic amines) is 1. The summed E-state index contributed by atoms with van der Waals surface area (Å²) in [6.45, 7) is 4.72. The third-order valence-corrected chi connectivity index (χ3v) is 7.64. The van der Waals surface area contributed by atoms with E-state index in [1.807, 2.05) is 43.3 Å². The van der Waals surface area contributed by atoms with E-state index < -0.39 is 0 Å². The molecule has 5 rings (SSSR count). The fourth-order valence-corrected chi connectivity index (χ4v) is 5.44. The van der Waals surface area contributed by atoms with Gasteiger partial charge in [-0.05, 0) is 82.4 Å². The smallest absolute Gasteiger partial charge is 0.257 e. The van der Waals surface area contributed by atoms with Crippen LogP contribution in [0.15, 0.2) is 72.9 Å². The zero-order chi connectivity index (χ0) is 27.2. The predicted octanol–water partition coefficient (Wildman–Crippen LogP) is 5.51. The van der Waals surface area contributed by atoms with Gasteiger partial charge in [0.05, 0.1) is 29.5 Å². The molecule has 8 nitrogen and oxygen atoms in total. The van der Waals surface area contributed by atoms with Crippen LogP contribution in [0.5, 0.6) is 0 Å². The SMILES string of the molecule is CC(NCCCC1CCN(CC(=O)N2c3ccccc3C(=O)Nc3cccnc32)CC1)C(=O)c1ccccc1.Cl.Cl. The van der Waals surface area contributed by atoms with Gasteiger partial charge in [0, 0.05) is 11.8 Å². The summed E-state index contributed by atoms with van der Waals surface area (Å²) in [7, 11) is 0. The molecule has 1 saturated heterocycles. The molecule has 10 heteroatoms. The highest BCUT2D eigenvalue weighted by molar-refractivity contribution is 6.17. The van der Waals surface area contributed by atoms with E-state index in [0.29, 0.717) is 28.7 Å². The number of amides is 2. The van der Waals surface area contributed by atoms with Crippen LogP contribution >= 0.6 is 24.8 Å². The first-order valence-electron chi connectivity index (χ1n) is 13.7. The minimum absolute atomic E-state index is 0. The van der Waals surface area contributed by atoms with Crippen LogP contribution in [0.25, 0.3) is 0 Å². The monoisotopic (exact) mass is 597 g/mol. The maximum atomic E-state index is 13.6. The summed E-state index contributed by atoms with van der Waals surface area (Å²) in [4.78, 5) is 47.2. The highest BCUT2D eigenvalue weighted by atomic mass is 35.5. The Balaban J connectivity index is 0.00000231. The number of pyridine rings is 1. The number of carbonyl (C=O) groups is 3. The molecule has 218 valence electrons. The fraction of sp³-hybridized carbons (Fsp3) is 0.355. The van der Waals surface area contributed by atoms with E-state index in [1.54, 1.807) is 41.4 Å². The number of aromatic nitrogens is 1. The second-order valence-corrected chi connectivity index (χ2v) is 10.3. The molecule has 2 aromatic carbocycles. The highest BCUT2D eigenvalue weighted by Gasteiger charge is 2.31. The van der Waals surface area contributed by atoms with Gasteiger partial charge < -0.3 is 10.6 Å². The Morgan fingerprint density at radius 1 is 1.00 bits per heavy atom. The number of ketones is 1. The van der Waals surface area contributed by atoms with Crippen LogP contribution in [-0.4, -0.2) is 59.7 Å². The molecule has 3 aromatic rings. The van der Waals surface area contributed by atoms with Crippen molar-refractivity contribution in [2.45, 2.75) is 38.6 Å². The van der Waals surface area contributed by atoms with Gasteiger partial charge >= 0.3 is 0 Å². The summed E-state index contributed by atoms with van der Waals surface area (Å²) in [6, 6.07) is 19.9. The summed E-state index contributed by atoms with van der Waals surface area (Å²) in [5.74, 6) is 0.839. The van der Waals surface area contributed by atoms with E-state index in [9.17, 15) is 14.4 Å². The van der Waals surface area contributed by atoms with E-state index >= 15 is 0 Å². The van der Waals surface area contributed by atoms with Crippen LogP contribution in [0.3, 0.4) is 0 Å². The molecule has 0 aliphatic carbocycles. The molecule has 3 heterocycles. The number of carbonyl (C=O) groups excluding carboxylic acids is 3. The maximum Gasteiger partial charge on any atom is 0.257 e. The second-order valence-electron chi connectivity index (χ2n) is 10.3. The van der Waals surface area contributed by atoms with Crippen LogP contribution < -0.4 is 15.5 Å². The number of benzene rings is 2. The van der Waals surface area contributed by atoms with Gasteiger partial charge in [0.15, 0.2) is 11.6 Å². The fourth-order valence-electron chi connectivity index (χ4n) is 5.44. The van der Waals surface area contributed by atoms with E-state index in [4.69, 9.17) is 0 Å². The number of nitrogens with one attached hydrogen (secondary N) is 2. The molecule has 2 amide bonds. The number of halogens is 2. The van der Waals surface area contributed by atoms with Gasteiger partial charge in [-0.25, -0.2) is 4.98 Å². The van der Waals surface area contributed by atoms with E-state index in [2.05, 4.69) is 20.5 Å². The number of Topliss-reactive ketones (excluding diaryl/α,β-unsaturated/α-hetero) is 1. The van der Waals surface area contributed by atoms with Crippen LogP contribution in [0.1, 0.15) is 53.3 Å². The topological polar surface area (TPSA) is 94.6 Å². The van der Waals surface area contributed by atoms with Crippen molar-refractivity contribution in [3.63, 3.8) is 0 Å². The third-order valence-electron chi connectivity index (χ3n) is 7.64. The van der Waals surface area contributed by atoms with Crippen molar-refractivity contribution in [1.29, 1.82) is 0 Å². The summed E-state index contributed by atoms with van der Waals surface area (Å²) < 4.78 is 0. The Hall–Kier alpha value is -3.30. The third kappa shape index (κ3) is 7.71. The maximum absolute atomic E-state index is 13.6. The van der Waals surface area contributed by atoms with Crippen LogP contribution in [0.4, 0.5) is 17.2 Å². The number of piperidine rings is 1. The second kappa shape index (κ2) is 15.1. The number of nitrogens with zero attached hydrogens (tertiary/aromatic N) is 3. The molecular formula is C31H37Cl2N5O3. The van der Waals surface area contributed by atoms with Gasteiger partial charge in [0.25, 0.3) is 5.91 Å².